The zero-order valence-electron chi connectivity index (χ0n) is 16.4. The van der Waals surface area contributed by atoms with Crippen molar-refractivity contribution in [2.45, 2.75) is 19.4 Å². The van der Waals surface area contributed by atoms with Crippen LogP contribution in [0.1, 0.15) is 23.2 Å². The van der Waals surface area contributed by atoms with E-state index in [2.05, 4.69) is 4.99 Å². The summed E-state index contributed by atoms with van der Waals surface area (Å²) in [4.78, 5) is 41.8. The molecule has 7 nitrogen and oxygen atoms in total. The predicted molar refractivity (Wildman–Crippen MR) is 110 cm³/mol. The van der Waals surface area contributed by atoms with E-state index in [-0.39, 0.29) is 53.7 Å². The number of aromatic nitrogens is 1. The van der Waals surface area contributed by atoms with E-state index in [9.17, 15) is 23.2 Å². The summed E-state index contributed by atoms with van der Waals surface area (Å²) in [6.07, 6.45) is 0.332. The first kappa shape index (κ1) is 21.0. The zero-order chi connectivity index (χ0) is 22.1. The highest BCUT2D eigenvalue weighted by molar-refractivity contribution is 7.16. The molecule has 0 radical (unpaired) electrons. The van der Waals surface area contributed by atoms with Gasteiger partial charge in [-0.2, -0.15) is 4.99 Å². The second-order valence-corrected chi connectivity index (χ2v) is 7.86. The highest BCUT2D eigenvalue weighted by Gasteiger charge is 2.30. The van der Waals surface area contributed by atoms with Crippen LogP contribution in [0.25, 0.3) is 10.2 Å². The minimum Gasteiger partial charge on any atom is -0.383 e. The molecule has 0 saturated carbocycles. The lowest BCUT2D eigenvalue weighted by Crippen LogP contribution is -2.28. The third kappa shape index (κ3) is 4.04. The van der Waals surface area contributed by atoms with Crippen LogP contribution in [-0.2, 0) is 20.9 Å². The molecule has 10 heteroatoms. The van der Waals surface area contributed by atoms with Crippen LogP contribution in [0.2, 0.25) is 0 Å². The second-order valence-electron chi connectivity index (χ2n) is 6.85. The van der Waals surface area contributed by atoms with Gasteiger partial charge in [-0.05, 0) is 30.3 Å². The molecule has 4 rings (SSSR count). The summed E-state index contributed by atoms with van der Waals surface area (Å²) in [7, 11) is 1.49. The van der Waals surface area contributed by atoms with Crippen LogP contribution in [0.15, 0.2) is 41.4 Å². The summed E-state index contributed by atoms with van der Waals surface area (Å²) in [5.41, 5.74) is 0.764. The molecule has 2 heterocycles. The molecule has 1 saturated heterocycles. The van der Waals surface area contributed by atoms with E-state index in [1.807, 2.05) is 0 Å². The smallest absolute Gasteiger partial charge is 0.279 e. The Hall–Kier alpha value is -3.24. The average molecular weight is 445 g/mol. The fourth-order valence-electron chi connectivity index (χ4n) is 3.37. The van der Waals surface area contributed by atoms with Crippen LogP contribution in [-0.4, -0.2) is 36.0 Å². The van der Waals surface area contributed by atoms with Crippen molar-refractivity contribution in [1.29, 1.82) is 0 Å². The number of imide groups is 1. The van der Waals surface area contributed by atoms with Gasteiger partial charge in [-0.1, -0.05) is 11.3 Å². The van der Waals surface area contributed by atoms with Gasteiger partial charge in [-0.3, -0.25) is 19.3 Å². The predicted octanol–water partition coefficient (Wildman–Crippen LogP) is 3.02. The maximum Gasteiger partial charge on any atom is 0.279 e. The molecule has 1 aliphatic heterocycles. The number of ether oxygens (including phenoxy) is 1. The van der Waals surface area contributed by atoms with Crippen LogP contribution >= 0.6 is 11.3 Å². The molecule has 3 amide bonds. The number of anilines is 1. The molecular weight excluding hydrogens is 428 g/mol. The van der Waals surface area contributed by atoms with E-state index in [1.165, 1.54) is 42.0 Å². The monoisotopic (exact) mass is 445 g/mol. The third-order valence-corrected chi connectivity index (χ3v) is 5.86. The number of fused-ring (bicyclic) bond motifs is 1. The van der Waals surface area contributed by atoms with Gasteiger partial charge in [0, 0.05) is 38.1 Å². The van der Waals surface area contributed by atoms with Crippen LogP contribution in [0.4, 0.5) is 14.5 Å². The Bertz CT molecular complexity index is 1250. The fraction of sp³-hybridized carbons (Fsp3) is 0.238. The zero-order valence-corrected chi connectivity index (χ0v) is 17.2. The number of nitrogens with zero attached hydrogens (tertiary/aromatic N) is 3. The van der Waals surface area contributed by atoms with Crippen molar-refractivity contribution in [1.82, 2.24) is 4.57 Å². The van der Waals surface area contributed by atoms with Crippen LogP contribution in [0.5, 0.6) is 0 Å². The molecule has 1 aromatic heterocycles. The number of rotatable bonds is 5. The van der Waals surface area contributed by atoms with Gasteiger partial charge in [0.1, 0.15) is 5.82 Å². The minimum atomic E-state index is -0.749. The minimum absolute atomic E-state index is 0.149. The molecule has 31 heavy (non-hydrogen) atoms. The van der Waals surface area contributed by atoms with E-state index in [4.69, 9.17) is 4.74 Å². The van der Waals surface area contributed by atoms with E-state index in [1.54, 1.807) is 0 Å². The molecule has 0 unspecified atom stereocenters. The molecule has 0 aliphatic carbocycles. The topological polar surface area (TPSA) is 81.0 Å². The number of carbonyl (C=O) groups excluding carboxylic acids is 3. The number of hydrogen-bond donors (Lipinski definition) is 0. The van der Waals surface area contributed by atoms with Crippen molar-refractivity contribution in [3.63, 3.8) is 0 Å². The summed E-state index contributed by atoms with van der Waals surface area (Å²) in [6, 6.07) is 7.91. The van der Waals surface area contributed by atoms with Gasteiger partial charge in [0.25, 0.3) is 5.91 Å². The Morgan fingerprint density at radius 3 is 2.45 bits per heavy atom. The van der Waals surface area contributed by atoms with Gasteiger partial charge in [0.05, 0.1) is 22.5 Å². The number of halogens is 2. The first-order chi connectivity index (χ1) is 14.9. The van der Waals surface area contributed by atoms with Gasteiger partial charge >= 0.3 is 0 Å². The van der Waals surface area contributed by atoms with Crippen molar-refractivity contribution in [2.24, 2.45) is 4.99 Å². The van der Waals surface area contributed by atoms with Gasteiger partial charge in [0.15, 0.2) is 10.6 Å². The third-order valence-electron chi connectivity index (χ3n) is 4.84. The van der Waals surface area contributed by atoms with Crippen molar-refractivity contribution in [3.8, 4) is 0 Å². The molecule has 3 aromatic rings. The molecule has 160 valence electrons. The van der Waals surface area contributed by atoms with E-state index < -0.39 is 17.5 Å². The van der Waals surface area contributed by atoms with Crippen molar-refractivity contribution in [2.75, 3.05) is 18.6 Å². The fourth-order valence-corrected chi connectivity index (χ4v) is 4.47. The van der Waals surface area contributed by atoms with E-state index >= 15 is 0 Å². The molecule has 0 spiro atoms. The van der Waals surface area contributed by atoms with Crippen molar-refractivity contribution < 1.29 is 27.9 Å². The average Bonchev–Trinajstić information content (AvgIpc) is 3.25. The van der Waals surface area contributed by atoms with Crippen LogP contribution in [0, 0.1) is 11.6 Å². The largest absolute Gasteiger partial charge is 0.383 e. The Kier molecular flexibility index (Phi) is 5.75. The van der Waals surface area contributed by atoms with E-state index in [0.717, 1.165) is 22.3 Å². The first-order valence-corrected chi connectivity index (χ1v) is 10.2. The number of thiazole rings is 1. The molecule has 0 bridgehead atoms. The number of methoxy groups -OCH3 is 1. The summed E-state index contributed by atoms with van der Waals surface area (Å²) in [5, 5.41) is 0. The molecule has 2 aromatic carbocycles. The lowest BCUT2D eigenvalue weighted by molar-refractivity contribution is -0.121. The van der Waals surface area contributed by atoms with Gasteiger partial charge in [-0.15, -0.1) is 0 Å². The SMILES string of the molecule is COCCn1c(=NC(=O)c2ccc(N3C(=O)CCC3=O)cc2)sc2cc(F)cc(F)c21. The molecule has 1 aliphatic rings. The Labute approximate surface area is 179 Å². The lowest BCUT2D eigenvalue weighted by atomic mass is 10.2. The van der Waals surface area contributed by atoms with E-state index in [0.29, 0.717) is 10.4 Å². The Balaban J connectivity index is 1.71. The number of carbonyl (C=O) groups is 3. The normalized spacial score (nSPS) is 14.8. The van der Waals surface area contributed by atoms with Crippen LogP contribution in [0.3, 0.4) is 0 Å². The number of benzene rings is 2. The molecular formula is C21H17F2N3O4S. The lowest BCUT2D eigenvalue weighted by Gasteiger charge is -2.13. The summed E-state index contributed by atoms with van der Waals surface area (Å²) in [6.45, 7) is 0.472. The number of hydrogen-bond acceptors (Lipinski definition) is 5. The Morgan fingerprint density at radius 2 is 1.81 bits per heavy atom. The summed E-state index contributed by atoms with van der Waals surface area (Å²) < 4.78 is 34.9. The summed E-state index contributed by atoms with van der Waals surface area (Å²) >= 11 is 0.992. The van der Waals surface area contributed by atoms with Crippen molar-refractivity contribution >= 4 is 45.0 Å². The highest BCUT2D eigenvalue weighted by Crippen LogP contribution is 2.24. The van der Waals surface area contributed by atoms with Crippen LogP contribution < -0.4 is 9.70 Å². The standard InChI is InChI=1S/C21H17F2N3O4S/c1-30-9-8-25-19-15(23)10-13(22)11-16(19)31-21(25)24-20(29)12-2-4-14(5-3-12)26-17(27)6-7-18(26)28/h2-5,10-11H,6-9H2,1H3. The molecule has 1 fully saturated rings. The van der Waals surface area contributed by atoms with Gasteiger partial charge in [0.2, 0.25) is 11.8 Å². The quantitative estimate of drug-likeness (QED) is 0.566. The second kappa shape index (κ2) is 8.48. The van der Waals surface area contributed by atoms with Crippen molar-refractivity contribution in [3.05, 3.63) is 58.4 Å². The molecule has 0 N–H and O–H groups in total. The summed E-state index contributed by atoms with van der Waals surface area (Å²) in [5.74, 6) is -2.63. The maximum atomic E-state index is 14.4. The molecule has 0 atom stereocenters. The Morgan fingerprint density at radius 1 is 1.13 bits per heavy atom. The maximum absolute atomic E-state index is 14.4. The number of amides is 3. The van der Waals surface area contributed by atoms with Gasteiger partial charge in [-0.25, -0.2) is 8.78 Å². The first-order valence-electron chi connectivity index (χ1n) is 9.41. The van der Waals surface area contributed by atoms with Gasteiger partial charge < -0.3 is 9.30 Å². The highest BCUT2D eigenvalue weighted by atomic mass is 32.1.